The number of nitrogens with zero attached hydrogens (tertiary/aromatic N) is 1. The van der Waals surface area contributed by atoms with Crippen molar-refractivity contribution in [1.82, 2.24) is 4.90 Å². The van der Waals surface area contributed by atoms with Crippen LogP contribution in [0.5, 0.6) is 0 Å². The first-order valence-corrected chi connectivity index (χ1v) is 7.65. The largest absolute Gasteiger partial charge is 0.326 e. The molecule has 0 bridgehead atoms. The molecule has 0 aliphatic rings. The SMILES string of the molecule is CCCCN(C)CCC(=O)Nc1c(C)cccc1CC. The van der Waals surface area contributed by atoms with Gasteiger partial charge in [0, 0.05) is 18.7 Å². The van der Waals surface area contributed by atoms with Crippen molar-refractivity contribution >= 4 is 11.6 Å². The zero-order valence-corrected chi connectivity index (χ0v) is 13.3. The summed E-state index contributed by atoms with van der Waals surface area (Å²) in [7, 11) is 2.08. The first-order valence-electron chi connectivity index (χ1n) is 7.65. The Kier molecular flexibility index (Phi) is 7.31. The summed E-state index contributed by atoms with van der Waals surface area (Å²) in [6.07, 6.45) is 3.88. The van der Waals surface area contributed by atoms with Gasteiger partial charge in [-0.1, -0.05) is 38.5 Å². The highest BCUT2D eigenvalue weighted by Crippen LogP contribution is 2.21. The van der Waals surface area contributed by atoms with Crippen LogP contribution in [0.2, 0.25) is 0 Å². The van der Waals surface area contributed by atoms with E-state index >= 15 is 0 Å². The fraction of sp³-hybridized carbons (Fsp3) is 0.588. The van der Waals surface area contributed by atoms with E-state index in [0.29, 0.717) is 6.42 Å². The van der Waals surface area contributed by atoms with E-state index in [0.717, 1.165) is 30.8 Å². The van der Waals surface area contributed by atoms with Gasteiger partial charge >= 0.3 is 0 Å². The molecule has 3 heteroatoms. The molecule has 0 aliphatic carbocycles. The zero-order chi connectivity index (χ0) is 15.0. The molecule has 1 amide bonds. The molecule has 1 rings (SSSR count). The summed E-state index contributed by atoms with van der Waals surface area (Å²) in [5.41, 5.74) is 3.34. The van der Waals surface area contributed by atoms with E-state index in [2.05, 4.69) is 37.2 Å². The molecule has 3 nitrogen and oxygen atoms in total. The van der Waals surface area contributed by atoms with Gasteiger partial charge in [0.1, 0.15) is 0 Å². The molecule has 0 spiro atoms. The van der Waals surface area contributed by atoms with Crippen molar-refractivity contribution in [3.63, 3.8) is 0 Å². The van der Waals surface area contributed by atoms with Crippen molar-refractivity contribution in [2.24, 2.45) is 0 Å². The number of unbranched alkanes of at least 4 members (excludes halogenated alkanes) is 1. The van der Waals surface area contributed by atoms with Crippen LogP contribution in [0.15, 0.2) is 18.2 Å². The number of benzene rings is 1. The summed E-state index contributed by atoms with van der Waals surface area (Å²) < 4.78 is 0. The summed E-state index contributed by atoms with van der Waals surface area (Å²) in [6, 6.07) is 6.17. The number of carbonyl (C=O) groups excluding carboxylic acids is 1. The molecule has 0 radical (unpaired) electrons. The number of anilines is 1. The lowest BCUT2D eigenvalue weighted by atomic mass is 10.1. The normalized spacial score (nSPS) is 10.8. The zero-order valence-electron chi connectivity index (χ0n) is 13.3. The molecule has 0 aliphatic heterocycles. The molecule has 1 aromatic carbocycles. The Balaban J connectivity index is 2.50. The van der Waals surface area contributed by atoms with Crippen LogP contribution in [-0.2, 0) is 11.2 Å². The topological polar surface area (TPSA) is 32.3 Å². The molecular weight excluding hydrogens is 248 g/mol. The average molecular weight is 276 g/mol. The van der Waals surface area contributed by atoms with E-state index < -0.39 is 0 Å². The van der Waals surface area contributed by atoms with Crippen molar-refractivity contribution in [3.8, 4) is 0 Å². The van der Waals surface area contributed by atoms with Crippen molar-refractivity contribution in [1.29, 1.82) is 0 Å². The lowest BCUT2D eigenvalue weighted by molar-refractivity contribution is -0.116. The summed E-state index contributed by atoms with van der Waals surface area (Å²) in [5, 5.41) is 3.08. The Morgan fingerprint density at radius 3 is 2.65 bits per heavy atom. The summed E-state index contributed by atoms with van der Waals surface area (Å²) in [4.78, 5) is 14.3. The number of rotatable bonds is 8. The molecule has 0 atom stereocenters. The van der Waals surface area contributed by atoms with Crippen LogP contribution in [-0.4, -0.2) is 30.9 Å². The first kappa shape index (κ1) is 16.7. The Bertz CT molecular complexity index is 429. The van der Waals surface area contributed by atoms with Gasteiger partial charge in [-0.3, -0.25) is 4.79 Å². The third-order valence-corrected chi connectivity index (χ3v) is 3.62. The molecule has 0 heterocycles. The van der Waals surface area contributed by atoms with Gasteiger partial charge in [-0.25, -0.2) is 0 Å². The molecule has 0 unspecified atom stereocenters. The van der Waals surface area contributed by atoms with E-state index in [-0.39, 0.29) is 5.91 Å². The molecule has 0 saturated carbocycles. The smallest absolute Gasteiger partial charge is 0.225 e. The van der Waals surface area contributed by atoms with E-state index in [1.807, 2.05) is 19.1 Å². The fourth-order valence-corrected chi connectivity index (χ4v) is 2.24. The van der Waals surface area contributed by atoms with Gasteiger partial charge in [0.2, 0.25) is 5.91 Å². The minimum Gasteiger partial charge on any atom is -0.326 e. The lowest BCUT2D eigenvalue weighted by Crippen LogP contribution is -2.25. The number of hydrogen-bond acceptors (Lipinski definition) is 2. The second-order valence-electron chi connectivity index (χ2n) is 5.42. The van der Waals surface area contributed by atoms with Crippen molar-refractivity contribution in [2.45, 2.75) is 46.5 Å². The van der Waals surface area contributed by atoms with Crippen LogP contribution < -0.4 is 5.32 Å². The highest BCUT2D eigenvalue weighted by molar-refractivity contribution is 5.92. The maximum Gasteiger partial charge on any atom is 0.225 e. The van der Waals surface area contributed by atoms with Crippen LogP contribution >= 0.6 is 0 Å². The van der Waals surface area contributed by atoms with Crippen LogP contribution in [0, 0.1) is 6.92 Å². The van der Waals surface area contributed by atoms with Gasteiger partial charge in [0.05, 0.1) is 0 Å². The van der Waals surface area contributed by atoms with Crippen LogP contribution in [0.25, 0.3) is 0 Å². The maximum absolute atomic E-state index is 12.1. The van der Waals surface area contributed by atoms with Gasteiger partial charge in [0.15, 0.2) is 0 Å². The van der Waals surface area contributed by atoms with Crippen molar-refractivity contribution in [2.75, 3.05) is 25.5 Å². The van der Waals surface area contributed by atoms with Gasteiger partial charge in [-0.05, 0) is 44.5 Å². The minimum atomic E-state index is 0.109. The van der Waals surface area contributed by atoms with Crippen molar-refractivity contribution < 1.29 is 4.79 Å². The third kappa shape index (κ3) is 5.33. The Hall–Kier alpha value is -1.35. The Labute approximate surface area is 123 Å². The number of aryl methyl sites for hydroxylation is 2. The number of carbonyl (C=O) groups is 1. The maximum atomic E-state index is 12.1. The van der Waals surface area contributed by atoms with Crippen molar-refractivity contribution in [3.05, 3.63) is 29.3 Å². The van der Waals surface area contributed by atoms with Gasteiger partial charge in [0.25, 0.3) is 0 Å². The highest BCUT2D eigenvalue weighted by Gasteiger charge is 2.09. The number of amides is 1. The second-order valence-corrected chi connectivity index (χ2v) is 5.42. The molecule has 0 fully saturated rings. The fourth-order valence-electron chi connectivity index (χ4n) is 2.24. The van der Waals surface area contributed by atoms with Crippen LogP contribution in [0.3, 0.4) is 0 Å². The predicted octanol–water partition coefficient (Wildman–Crippen LogP) is 3.62. The van der Waals surface area contributed by atoms with Crippen LogP contribution in [0.4, 0.5) is 5.69 Å². The molecule has 0 aromatic heterocycles. The molecule has 112 valence electrons. The summed E-state index contributed by atoms with van der Waals surface area (Å²) in [6.45, 7) is 8.23. The minimum absolute atomic E-state index is 0.109. The molecule has 20 heavy (non-hydrogen) atoms. The number of para-hydroxylation sites is 1. The Morgan fingerprint density at radius 2 is 2.00 bits per heavy atom. The summed E-state index contributed by atoms with van der Waals surface area (Å²) >= 11 is 0. The van der Waals surface area contributed by atoms with E-state index in [1.54, 1.807) is 0 Å². The van der Waals surface area contributed by atoms with E-state index in [4.69, 9.17) is 0 Å². The van der Waals surface area contributed by atoms with Gasteiger partial charge in [-0.2, -0.15) is 0 Å². The van der Waals surface area contributed by atoms with Gasteiger partial charge in [-0.15, -0.1) is 0 Å². The first-order chi connectivity index (χ1) is 9.58. The third-order valence-electron chi connectivity index (χ3n) is 3.62. The Morgan fingerprint density at radius 1 is 1.25 bits per heavy atom. The molecule has 1 N–H and O–H groups in total. The van der Waals surface area contributed by atoms with E-state index in [9.17, 15) is 4.79 Å². The number of hydrogen-bond donors (Lipinski definition) is 1. The van der Waals surface area contributed by atoms with Crippen LogP contribution in [0.1, 0.15) is 44.2 Å². The van der Waals surface area contributed by atoms with E-state index in [1.165, 1.54) is 18.4 Å². The molecule has 1 aromatic rings. The predicted molar refractivity (Wildman–Crippen MR) is 86.2 cm³/mol. The molecular formula is C17H28N2O. The highest BCUT2D eigenvalue weighted by atomic mass is 16.1. The standard InChI is InChI=1S/C17H28N2O/c1-5-7-12-19(4)13-11-16(20)18-17-14(3)9-8-10-15(17)6-2/h8-10H,5-7,11-13H2,1-4H3,(H,18,20). The monoisotopic (exact) mass is 276 g/mol. The van der Waals surface area contributed by atoms with Gasteiger partial charge < -0.3 is 10.2 Å². The molecule has 0 saturated heterocycles. The second kappa shape index (κ2) is 8.75. The summed E-state index contributed by atoms with van der Waals surface area (Å²) in [5.74, 6) is 0.109. The quantitative estimate of drug-likeness (QED) is 0.786. The average Bonchev–Trinajstić information content (AvgIpc) is 2.45. The number of nitrogens with one attached hydrogen (secondary N) is 1. The lowest BCUT2D eigenvalue weighted by Gasteiger charge is -2.17.